The Morgan fingerprint density at radius 1 is 1.26 bits per heavy atom. The summed E-state index contributed by atoms with van der Waals surface area (Å²) in [5, 5.41) is 3.42. The molecule has 1 fully saturated rings. The molecular weight excluding hydrogens is 232 g/mol. The maximum absolute atomic E-state index is 6.48. The molecule has 2 nitrogen and oxygen atoms in total. The van der Waals surface area contributed by atoms with E-state index in [9.17, 15) is 0 Å². The zero-order valence-corrected chi connectivity index (χ0v) is 12.6. The molecule has 19 heavy (non-hydrogen) atoms. The SMILES string of the molecule is Cc1ccc(C(C)C)cc1C(N)CC1CCNCC1. The molecule has 1 aliphatic heterocycles. The van der Waals surface area contributed by atoms with Gasteiger partial charge in [0, 0.05) is 6.04 Å². The van der Waals surface area contributed by atoms with Crippen LogP contribution in [0.15, 0.2) is 18.2 Å². The fraction of sp³-hybridized carbons (Fsp3) is 0.647. The smallest absolute Gasteiger partial charge is 0.0300 e. The molecule has 0 bridgehead atoms. The van der Waals surface area contributed by atoms with E-state index in [4.69, 9.17) is 5.73 Å². The van der Waals surface area contributed by atoms with Crippen molar-refractivity contribution in [3.63, 3.8) is 0 Å². The van der Waals surface area contributed by atoms with E-state index in [1.807, 2.05) is 0 Å². The fourth-order valence-electron chi connectivity index (χ4n) is 3.02. The fourth-order valence-corrected chi connectivity index (χ4v) is 3.02. The minimum atomic E-state index is 0.196. The zero-order chi connectivity index (χ0) is 13.8. The normalized spacial score (nSPS) is 18.8. The summed E-state index contributed by atoms with van der Waals surface area (Å²) in [5.41, 5.74) is 10.6. The molecule has 1 aromatic carbocycles. The Kier molecular flexibility index (Phi) is 5.00. The van der Waals surface area contributed by atoms with Gasteiger partial charge in [-0.3, -0.25) is 0 Å². The van der Waals surface area contributed by atoms with Crippen molar-refractivity contribution >= 4 is 0 Å². The Balaban J connectivity index is 2.08. The lowest BCUT2D eigenvalue weighted by molar-refractivity contribution is 0.332. The molecule has 1 atom stereocenters. The van der Waals surface area contributed by atoms with E-state index in [1.165, 1.54) is 29.5 Å². The summed E-state index contributed by atoms with van der Waals surface area (Å²) < 4.78 is 0. The molecule has 0 amide bonds. The Morgan fingerprint density at radius 3 is 2.58 bits per heavy atom. The van der Waals surface area contributed by atoms with E-state index >= 15 is 0 Å². The van der Waals surface area contributed by atoms with Crippen molar-refractivity contribution < 1.29 is 0 Å². The second-order valence-corrected chi connectivity index (χ2v) is 6.31. The lowest BCUT2D eigenvalue weighted by atomic mass is 9.86. The number of rotatable bonds is 4. The van der Waals surface area contributed by atoms with Crippen molar-refractivity contribution in [3.05, 3.63) is 34.9 Å². The van der Waals surface area contributed by atoms with Gasteiger partial charge in [0.2, 0.25) is 0 Å². The molecule has 2 heteroatoms. The van der Waals surface area contributed by atoms with Crippen LogP contribution >= 0.6 is 0 Å². The van der Waals surface area contributed by atoms with Gasteiger partial charge in [0.25, 0.3) is 0 Å². The summed E-state index contributed by atoms with van der Waals surface area (Å²) in [5.74, 6) is 1.36. The molecule has 0 aromatic heterocycles. The van der Waals surface area contributed by atoms with Gasteiger partial charge in [0.15, 0.2) is 0 Å². The number of hydrogen-bond donors (Lipinski definition) is 2. The van der Waals surface area contributed by atoms with Crippen molar-refractivity contribution in [1.82, 2.24) is 5.32 Å². The van der Waals surface area contributed by atoms with E-state index in [0.29, 0.717) is 5.92 Å². The standard InChI is InChI=1S/C17H28N2/c1-12(2)15-5-4-13(3)16(11-15)17(18)10-14-6-8-19-9-7-14/h4-5,11-12,14,17,19H,6-10,18H2,1-3H3. The highest BCUT2D eigenvalue weighted by Crippen LogP contribution is 2.28. The Labute approximate surface area is 117 Å². The topological polar surface area (TPSA) is 38.0 Å². The molecule has 1 saturated heterocycles. The van der Waals surface area contributed by atoms with Gasteiger partial charge in [-0.25, -0.2) is 0 Å². The molecule has 1 aliphatic rings. The van der Waals surface area contributed by atoms with E-state index in [1.54, 1.807) is 0 Å². The average Bonchev–Trinajstić information content (AvgIpc) is 2.40. The minimum Gasteiger partial charge on any atom is -0.324 e. The Hall–Kier alpha value is -0.860. The van der Waals surface area contributed by atoms with Crippen LogP contribution < -0.4 is 11.1 Å². The number of benzene rings is 1. The third-order valence-corrected chi connectivity index (χ3v) is 4.42. The summed E-state index contributed by atoms with van der Waals surface area (Å²) in [6, 6.07) is 6.99. The molecule has 3 N–H and O–H groups in total. The summed E-state index contributed by atoms with van der Waals surface area (Å²) in [7, 11) is 0. The first kappa shape index (κ1) is 14.5. The van der Waals surface area contributed by atoms with Crippen LogP contribution in [0, 0.1) is 12.8 Å². The maximum atomic E-state index is 6.48. The van der Waals surface area contributed by atoms with E-state index in [2.05, 4.69) is 44.3 Å². The van der Waals surface area contributed by atoms with E-state index in [0.717, 1.165) is 25.4 Å². The highest BCUT2D eigenvalue weighted by Gasteiger charge is 2.19. The minimum absolute atomic E-state index is 0.196. The molecule has 0 saturated carbocycles. The van der Waals surface area contributed by atoms with Crippen LogP contribution in [0.2, 0.25) is 0 Å². The first-order valence-electron chi connectivity index (χ1n) is 7.64. The molecule has 106 valence electrons. The number of piperidine rings is 1. The van der Waals surface area contributed by atoms with Crippen LogP contribution in [-0.4, -0.2) is 13.1 Å². The monoisotopic (exact) mass is 260 g/mol. The van der Waals surface area contributed by atoms with Crippen LogP contribution in [0.5, 0.6) is 0 Å². The molecule has 1 aromatic rings. The van der Waals surface area contributed by atoms with Gasteiger partial charge < -0.3 is 11.1 Å². The van der Waals surface area contributed by atoms with Gasteiger partial charge in [0.05, 0.1) is 0 Å². The third kappa shape index (κ3) is 3.80. The van der Waals surface area contributed by atoms with Crippen molar-refractivity contribution in [2.24, 2.45) is 11.7 Å². The third-order valence-electron chi connectivity index (χ3n) is 4.42. The lowest BCUT2D eigenvalue weighted by Gasteiger charge is -2.26. The van der Waals surface area contributed by atoms with Crippen LogP contribution in [0.4, 0.5) is 0 Å². The number of aryl methyl sites for hydroxylation is 1. The summed E-state index contributed by atoms with van der Waals surface area (Å²) in [6.07, 6.45) is 3.68. The highest BCUT2D eigenvalue weighted by atomic mass is 14.9. The summed E-state index contributed by atoms with van der Waals surface area (Å²) >= 11 is 0. The quantitative estimate of drug-likeness (QED) is 0.869. The number of nitrogens with two attached hydrogens (primary N) is 1. The number of nitrogens with one attached hydrogen (secondary N) is 1. The highest BCUT2D eigenvalue weighted by molar-refractivity contribution is 5.34. The van der Waals surface area contributed by atoms with Crippen LogP contribution in [0.25, 0.3) is 0 Å². The predicted octanol–water partition coefficient (Wildman–Crippen LogP) is 3.51. The zero-order valence-electron chi connectivity index (χ0n) is 12.6. The molecular formula is C17H28N2. The van der Waals surface area contributed by atoms with Crippen molar-refractivity contribution in [3.8, 4) is 0 Å². The van der Waals surface area contributed by atoms with Crippen molar-refractivity contribution in [1.29, 1.82) is 0 Å². The van der Waals surface area contributed by atoms with Gasteiger partial charge in [0.1, 0.15) is 0 Å². The van der Waals surface area contributed by atoms with E-state index in [-0.39, 0.29) is 6.04 Å². The van der Waals surface area contributed by atoms with Crippen LogP contribution in [-0.2, 0) is 0 Å². The average molecular weight is 260 g/mol. The molecule has 1 unspecified atom stereocenters. The molecule has 1 heterocycles. The summed E-state index contributed by atoms with van der Waals surface area (Å²) in [6.45, 7) is 8.98. The van der Waals surface area contributed by atoms with Crippen LogP contribution in [0.3, 0.4) is 0 Å². The van der Waals surface area contributed by atoms with Crippen molar-refractivity contribution in [2.45, 2.75) is 52.0 Å². The molecule has 0 spiro atoms. The van der Waals surface area contributed by atoms with Gasteiger partial charge in [-0.1, -0.05) is 32.0 Å². The molecule has 0 radical (unpaired) electrons. The first-order chi connectivity index (χ1) is 9.08. The lowest BCUT2D eigenvalue weighted by Crippen LogP contribution is -2.29. The first-order valence-corrected chi connectivity index (χ1v) is 7.64. The van der Waals surface area contributed by atoms with Crippen LogP contribution in [0.1, 0.15) is 61.8 Å². The Bertz CT molecular complexity index is 406. The second-order valence-electron chi connectivity index (χ2n) is 6.31. The van der Waals surface area contributed by atoms with Gasteiger partial charge in [-0.05, 0) is 67.8 Å². The Morgan fingerprint density at radius 2 is 1.95 bits per heavy atom. The van der Waals surface area contributed by atoms with E-state index < -0.39 is 0 Å². The molecule has 2 rings (SSSR count). The molecule has 0 aliphatic carbocycles. The number of hydrogen-bond acceptors (Lipinski definition) is 2. The second kappa shape index (κ2) is 6.53. The predicted molar refractivity (Wildman–Crippen MR) is 82.4 cm³/mol. The van der Waals surface area contributed by atoms with Gasteiger partial charge in [-0.2, -0.15) is 0 Å². The van der Waals surface area contributed by atoms with Crippen molar-refractivity contribution in [2.75, 3.05) is 13.1 Å². The maximum Gasteiger partial charge on any atom is 0.0300 e. The summed E-state index contributed by atoms with van der Waals surface area (Å²) in [4.78, 5) is 0. The largest absolute Gasteiger partial charge is 0.324 e. The van der Waals surface area contributed by atoms with Gasteiger partial charge in [-0.15, -0.1) is 0 Å². The van der Waals surface area contributed by atoms with Gasteiger partial charge >= 0.3 is 0 Å².